The molecule has 60 valence electrons. The summed E-state index contributed by atoms with van der Waals surface area (Å²) in [5, 5.41) is 0. The lowest BCUT2D eigenvalue weighted by Gasteiger charge is -2.02. The van der Waals surface area contributed by atoms with Crippen molar-refractivity contribution < 1.29 is 22.0 Å². The van der Waals surface area contributed by atoms with Crippen molar-refractivity contribution in [2.75, 3.05) is 0 Å². The smallest absolute Gasteiger partial charge is 0.326 e. The van der Waals surface area contributed by atoms with Crippen LogP contribution in [-0.4, -0.2) is 18.0 Å². The van der Waals surface area contributed by atoms with Crippen molar-refractivity contribution in [3.8, 4) is 0 Å². The lowest BCUT2D eigenvalue weighted by atomic mass is 10.7. The maximum atomic E-state index is 9.97. The van der Waals surface area contributed by atoms with E-state index in [0.29, 0.717) is 4.73 Å². The number of hydrogen-bond acceptors (Lipinski definition) is 5. The second-order valence-corrected chi connectivity index (χ2v) is 2.56. The molecule has 7 heteroatoms. The molecule has 0 radical (unpaired) electrons. The Kier molecular flexibility index (Phi) is 2.01. The fourth-order valence-electron chi connectivity index (χ4n) is 0.465. The van der Waals surface area contributed by atoms with Gasteiger partial charge in [-0.25, -0.2) is 4.28 Å². The molecule has 0 N–H and O–H groups in total. The molecular formula is C4H4N2O4S. The first-order valence-electron chi connectivity index (χ1n) is 2.55. The van der Waals surface area contributed by atoms with Gasteiger partial charge in [-0.2, -0.15) is 8.42 Å². The van der Waals surface area contributed by atoms with Crippen LogP contribution in [0.4, 0.5) is 0 Å². The highest BCUT2D eigenvalue weighted by molar-refractivity contribution is 7.80. The summed E-state index contributed by atoms with van der Waals surface area (Å²) in [7, 11) is -4.70. The quantitative estimate of drug-likeness (QED) is 0.303. The fraction of sp³-hybridized carbons (Fsp3) is 0. The van der Waals surface area contributed by atoms with Crippen LogP contribution >= 0.6 is 0 Å². The van der Waals surface area contributed by atoms with Crippen LogP contribution in [0.5, 0.6) is 0 Å². The molecule has 0 atom stereocenters. The predicted octanol–water partition coefficient (Wildman–Crippen LogP) is -1.74. The van der Waals surface area contributed by atoms with E-state index in [9.17, 15) is 13.0 Å². The van der Waals surface area contributed by atoms with E-state index in [1.807, 2.05) is 0 Å². The first-order valence-corrected chi connectivity index (χ1v) is 3.88. The largest absolute Gasteiger partial charge is 0.713 e. The lowest BCUT2D eigenvalue weighted by Crippen LogP contribution is -2.45. The minimum atomic E-state index is -4.70. The Morgan fingerprint density at radius 2 is 2.27 bits per heavy atom. The van der Waals surface area contributed by atoms with Crippen molar-refractivity contribution in [3.05, 3.63) is 24.8 Å². The highest BCUT2D eigenvalue weighted by Gasteiger charge is 2.00. The standard InChI is InChI=1S/C4H4N2O4S/c7-11(8,9)10-6-3-1-2-5-4-6/h1-4H. The summed E-state index contributed by atoms with van der Waals surface area (Å²) < 4.78 is 34.5. The Balaban J connectivity index is 2.82. The van der Waals surface area contributed by atoms with Gasteiger partial charge in [0.25, 0.3) is 0 Å². The summed E-state index contributed by atoms with van der Waals surface area (Å²) in [4.78, 5) is 3.50. The molecule has 0 aliphatic rings. The molecule has 0 aliphatic heterocycles. The Hall–Kier alpha value is -1.21. The zero-order valence-corrected chi connectivity index (χ0v) is 6.06. The van der Waals surface area contributed by atoms with Gasteiger partial charge in [-0.15, -0.1) is 0 Å². The summed E-state index contributed by atoms with van der Waals surface area (Å²) >= 11 is 0. The zero-order valence-electron chi connectivity index (χ0n) is 5.25. The van der Waals surface area contributed by atoms with Gasteiger partial charge in [-0.05, 0) is 4.73 Å². The van der Waals surface area contributed by atoms with Crippen molar-refractivity contribution in [3.63, 3.8) is 0 Å². The van der Waals surface area contributed by atoms with Crippen LogP contribution in [0.25, 0.3) is 0 Å². The van der Waals surface area contributed by atoms with Crippen molar-refractivity contribution in [2.24, 2.45) is 0 Å². The van der Waals surface area contributed by atoms with Crippen LogP contribution in [0, 0.1) is 0 Å². The van der Waals surface area contributed by atoms with Gasteiger partial charge in [0.05, 0.1) is 0 Å². The molecule has 0 fully saturated rings. The van der Waals surface area contributed by atoms with E-state index in [1.54, 1.807) is 0 Å². The normalized spacial score (nSPS) is 11.0. The Labute approximate surface area is 63.0 Å². The molecule has 0 unspecified atom stereocenters. The fourth-order valence-corrected chi connectivity index (χ4v) is 0.764. The van der Waals surface area contributed by atoms with E-state index in [0.717, 1.165) is 6.33 Å². The molecule has 1 aromatic heterocycles. The van der Waals surface area contributed by atoms with Crippen LogP contribution in [0.3, 0.4) is 0 Å². The minimum absolute atomic E-state index is 0.697. The molecular weight excluding hydrogens is 172 g/mol. The molecule has 1 heterocycles. The monoisotopic (exact) mass is 176 g/mol. The van der Waals surface area contributed by atoms with E-state index >= 15 is 0 Å². The van der Waals surface area contributed by atoms with Gasteiger partial charge in [0, 0.05) is 6.07 Å². The molecule has 0 aliphatic carbocycles. The van der Waals surface area contributed by atoms with Crippen molar-refractivity contribution in [1.82, 2.24) is 4.98 Å². The van der Waals surface area contributed by atoms with E-state index in [2.05, 4.69) is 9.27 Å². The van der Waals surface area contributed by atoms with E-state index < -0.39 is 10.4 Å². The van der Waals surface area contributed by atoms with Gasteiger partial charge < -0.3 is 4.55 Å². The van der Waals surface area contributed by atoms with Crippen molar-refractivity contribution in [2.45, 2.75) is 0 Å². The molecule has 0 saturated carbocycles. The highest BCUT2D eigenvalue weighted by atomic mass is 32.3. The average molecular weight is 176 g/mol. The Bertz CT molecular complexity index is 321. The van der Waals surface area contributed by atoms with Crippen LogP contribution < -0.4 is 9.01 Å². The van der Waals surface area contributed by atoms with Crippen LogP contribution in [0.2, 0.25) is 0 Å². The molecule has 0 bridgehead atoms. The second kappa shape index (κ2) is 2.81. The highest BCUT2D eigenvalue weighted by Crippen LogP contribution is 1.73. The van der Waals surface area contributed by atoms with Gasteiger partial charge in [0.1, 0.15) is 12.4 Å². The van der Waals surface area contributed by atoms with Crippen molar-refractivity contribution >= 4 is 10.4 Å². The van der Waals surface area contributed by atoms with E-state index in [-0.39, 0.29) is 0 Å². The average Bonchev–Trinajstić information content (AvgIpc) is 1.85. The van der Waals surface area contributed by atoms with Crippen LogP contribution in [0.1, 0.15) is 0 Å². The van der Waals surface area contributed by atoms with Gasteiger partial charge in [0.15, 0.2) is 0 Å². The summed E-state index contributed by atoms with van der Waals surface area (Å²) in [6, 6.07) is 1.42. The summed E-state index contributed by atoms with van der Waals surface area (Å²) in [6.45, 7) is 0. The maximum absolute atomic E-state index is 9.97. The first-order chi connectivity index (χ1) is 5.08. The third-order valence-electron chi connectivity index (χ3n) is 0.763. The predicted molar refractivity (Wildman–Crippen MR) is 30.7 cm³/mol. The molecule has 1 aromatic rings. The van der Waals surface area contributed by atoms with Gasteiger partial charge >= 0.3 is 16.7 Å². The van der Waals surface area contributed by atoms with Gasteiger partial charge in [-0.3, -0.25) is 0 Å². The van der Waals surface area contributed by atoms with Gasteiger partial charge in [0.2, 0.25) is 0 Å². The number of aromatic nitrogens is 2. The topological polar surface area (TPSA) is 83.2 Å². The molecule has 0 spiro atoms. The summed E-state index contributed by atoms with van der Waals surface area (Å²) in [6.07, 6.45) is 3.70. The molecule has 0 amide bonds. The molecule has 11 heavy (non-hydrogen) atoms. The van der Waals surface area contributed by atoms with Crippen molar-refractivity contribution in [1.29, 1.82) is 0 Å². The second-order valence-electron chi connectivity index (χ2n) is 1.60. The third kappa shape index (κ3) is 2.92. The van der Waals surface area contributed by atoms with Crippen LogP contribution in [0.15, 0.2) is 24.8 Å². The SMILES string of the molecule is O=S(=O)([O-])O[n+]1cccnc1. The van der Waals surface area contributed by atoms with E-state index in [1.165, 1.54) is 18.5 Å². The molecule has 0 saturated heterocycles. The lowest BCUT2D eigenvalue weighted by molar-refractivity contribution is -0.859. The maximum Gasteiger partial charge on any atom is 0.326 e. The molecule has 1 rings (SSSR count). The zero-order chi connectivity index (χ0) is 8.32. The number of nitrogens with zero attached hydrogens (tertiary/aromatic N) is 2. The number of rotatable bonds is 2. The van der Waals surface area contributed by atoms with Gasteiger partial charge in [-0.1, -0.05) is 4.98 Å². The van der Waals surface area contributed by atoms with E-state index in [4.69, 9.17) is 0 Å². The first kappa shape index (κ1) is 7.89. The minimum Gasteiger partial charge on any atom is -0.713 e. The van der Waals surface area contributed by atoms with Crippen LogP contribution in [-0.2, 0) is 10.4 Å². The summed E-state index contributed by atoms with van der Waals surface area (Å²) in [5.74, 6) is 0. The molecule has 0 aromatic carbocycles. The summed E-state index contributed by atoms with van der Waals surface area (Å²) in [5.41, 5.74) is 0. The Morgan fingerprint density at radius 1 is 1.55 bits per heavy atom. The third-order valence-corrected chi connectivity index (χ3v) is 1.12. The Morgan fingerprint density at radius 3 is 2.73 bits per heavy atom. The molecule has 6 nitrogen and oxygen atoms in total. The number of hydrogen-bond donors (Lipinski definition) is 0.